The largest absolute Gasteiger partial charge is 0.328 e. The summed E-state index contributed by atoms with van der Waals surface area (Å²) in [6.45, 7) is 7.03. The van der Waals surface area contributed by atoms with Crippen LogP contribution in [-0.4, -0.2) is 21.7 Å². The number of nitrogens with two attached hydrogens (primary N) is 1. The van der Waals surface area contributed by atoms with E-state index in [4.69, 9.17) is 10.8 Å². The third-order valence-corrected chi connectivity index (χ3v) is 5.06. The standard InChI is InChI=1S/C21H30N4O/c1-21(2,3)18-13-19(23-20(26)16-10-7-11-17(22)12-16)25(24-18)14-15-8-5-4-6-9-15/h4-6,8-9,13,16-17H,7,10-12,14,22H2,1-3H3,(H,23,26). The summed E-state index contributed by atoms with van der Waals surface area (Å²) in [4.78, 5) is 12.8. The maximum Gasteiger partial charge on any atom is 0.228 e. The number of hydrogen-bond donors (Lipinski definition) is 2. The number of hydrogen-bond acceptors (Lipinski definition) is 3. The molecule has 1 amide bonds. The van der Waals surface area contributed by atoms with Crippen LogP contribution in [0.15, 0.2) is 36.4 Å². The molecule has 1 aromatic carbocycles. The number of carbonyl (C=O) groups is 1. The predicted molar refractivity (Wildman–Crippen MR) is 105 cm³/mol. The smallest absolute Gasteiger partial charge is 0.228 e. The van der Waals surface area contributed by atoms with Gasteiger partial charge >= 0.3 is 0 Å². The van der Waals surface area contributed by atoms with Crippen molar-refractivity contribution in [2.45, 2.75) is 64.5 Å². The zero-order valence-corrected chi connectivity index (χ0v) is 16.0. The summed E-state index contributed by atoms with van der Waals surface area (Å²) in [5, 5.41) is 7.89. The molecule has 1 saturated carbocycles. The van der Waals surface area contributed by atoms with Gasteiger partial charge in [0, 0.05) is 23.4 Å². The van der Waals surface area contributed by atoms with Crippen molar-refractivity contribution in [1.82, 2.24) is 9.78 Å². The van der Waals surface area contributed by atoms with Gasteiger partial charge in [-0.3, -0.25) is 4.79 Å². The molecule has 0 radical (unpaired) electrons. The summed E-state index contributed by atoms with van der Waals surface area (Å²) in [5.74, 6) is 0.828. The minimum Gasteiger partial charge on any atom is -0.328 e. The minimum absolute atomic E-state index is 0.00286. The first kappa shape index (κ1) is 18.6. The van der Waals surface area contributed by atoms with Gasteiger partial charge in [0.05, 0.1) is 12.2 Å². The molecule has 0 bridgehead atoms. The molecule has 2 unspecified atom stereocenters. The van der Waals surface area contributed by atoms with Crippen molar-refractivity contribution in [3.05, 3.63) is 47.7 Å². The summed E-state index contributed by atoms with van der Waals surface area (Å²) in [7, 11) is 0. The SMILES string of the molecule is CC(C)(C)c1cc(NC(=O)C2CCCC(N)C2)n(Cc2ccccc2)n1. The van der Waals surface area contributed by atoms with Crippen LogP contribution >= 0.6 is 0 Å². The molecule has 2 atom stereocenters. The zero-order valence-electron chi connectivity index (χ0n) is 16.0. The Morgan fingerprint density at radius 3 is 2.65 bits per heavy atom. The van der Waals surface area contributed by atoms with Gasteiger partial charge in [-0.15, -0.1) is 0 Å². The normalized spacial score (nSPS) is 20.8. The molecule has 1 heterocycles. The van der Waals surface area contributed by atoms with Gasteiger partial charge < -0.3 is 11.1 Å². The fourth-order valence-electron chi connectivity index (χ4n) is 3.45. The first-order valence-electron chi connectivity index (χ1n) is 9.51. The van der Waals surface area contributed by atoms with Crippen LogP contribution in [-0.2, 0) is 16.8 Å². The van der Waals surface area contributed by atoms with Gasteiger partial charge in [0.15, 0.2) is 0 Å². The maximum absolute atomic E-state index is 12.8. The molecular weight excluding hydrogens is 324 g/mol. The van der Waals surface area contributed by atoms with Crippen molar-refractivity contribution < 1.29 is 4.79 Å². The highest BCUT2D eigenvalue weighted by molar-refractivity contribution is 5.92. The fourth-order valence-corrected chi connectivity index (χ4v) is 3.45. The average molecular weight is 354 g/mol. The Morgan fingerprint density at radius 2 is 2.00 bits per heavy atom. The molecule has 0 aliphatic heterocycles. The lowest BCUT2D eigenvalue weighted by Gasteiger charge is -2.25. The quantitative estimate of drug-likeness (QED) is 0.879. The summed E-state index contributed by atoms with van der Waals surface area (Å²) >= 11 is 0. The van der Waals surface area contributed by atoms with Crippen molar-refractivity contribution in [2.75, 3.05) is 5.32 Å². The Balaban J connectivity index is 1.82. The Kier molecular flexibility index (Phi) is 5.47. The number of rotatable bonds is 4. The van der Waals surface area contributed by atoms with Gasteiger partial charge in [0.2, 0.25) is 5.91 Å². The van der Waals surface area contributed by atoms with Crippen LogP contribution in [0.5, 0.6) is 0 Å². The van der Waals surface area contributed by atoms with Gasteiger partial charge in [-0.25, -0.2) is 4.68 Å². The van der Waals surface area contributed by atoms with Gasteiger partial charge in [0.1, 0.15) is 5.82 Å². The molecule has 1 aromatic heterocycles. The summed E-state index contributed by atoms with van der Waals surface area (Å²) in [6.07, 6.45) is 3.73. The van der Waals surface area contributed by atoms with Gasteiger partial charge in [-0.1, -0.05) is 57.5 Å². The maximum atomic E-state index is 12.8. The van der Waals surface area contributed by atoms with Crippen LogP contribution in [0.3, 0.4) is 0 Å². The van der Waals surface area contributed by atoms with Crippen LogP contribution in [0.25, 0.3) is 0 Å². The number of benzene rings is 1. The molecule has 5 heteroatoms. The van der Waals surface area contributed by atoms with Crippen molar-refractivity contribution in [1.29, 1.82) is 0 Å². The highest BCUT2D eigenvalue weighted by Gasteiger charge is 2.27. The van der Waals surface area contributed by atoms with E-state index in [0.717, 1.165) is 42.8 Å². The number of anilines is 1. The second-order valence-corrected chi connectivity index (χ2v) is 8.42. The molecule has 5 nitrogen and oxygen atoms in total. The number of aromatic nitrogens is 2. The Bertz CT molecular complexity index is 745. The summed E-state index contributed by atoms with van der Waals surface area (Å²) in [5.41, 5.74) is 8.11. The number of nitrogens with zero attached hydrogens (tertiary/aromatic N) is 2. The number of carbonyl (C=O) groups excluding carboxylic acids is 1. The molecule has 0 spiro atoms. The predicted octanol–water partition coefficient (Wildman–Crippen LogP) is 3.68. The fraction of sp³-hybridized carbons (Fsp3) is 0.524. The van der Waals surface area contributed by atoms with Crippen LogP contribution in [0.4, 0.5) is 5.82 Å². The Morgan fingerprint density at radius 1 is 1.27 bits per heavy atom. The van der Waals surface area contributed by atoms with Crippen LogP contribution < -0.4 is 11.1 Å². The lowest BCUT2D eigenvalue weighted by molar-refractivity contribution is -0.120. The first-order valence-corrected chi connectivity index (χ1v) is 9.51. The van der Waals surface area contributed by atoms with Crippen LogP contribution in [0, 0.1) is 5.92 Å². The summed E-state index contributed by atoms with van der Waals surface area (Å²) in [6, 6.07) is 12.3. The van der Waals surface area contributed by atoms with Gasteiger partial charge in [-0.05, 0) is 24.8 Å². The van der Waals surface area contributed by atoms with Gasteiger partial charge in [0.25, 0.3) is 0 Å². The number of amides is 1. The molecule has 140 valence electrons. The number of nitrogens with one attached hydrogen (secondary N) is 1. The highest BCUT2D eigenvalue weighted by Crippen LogP contribution is 2.27. The third-order valence-electron chi connectivity index (χ3n) is 5.06. The van der Waals surface area contributed by atoms with E-state index in [0.29, 0.717) is 6.54 Å². The molecule has 3 N–H and O–H groups in total. The Labute approximate surface area is 156 Å². The third kappa shape index (κ3) is 4.52. The topological polar surface area (TPSA) is 72.9 Å². The molecule has 0 saturated heterocycles. The van der Waals surface area contributed by atoms with Crippen molar-refractivity contribution >= 4 is 11.7 Å². The van der Waals surface area contributed by atoms with E-state index < -0.39 is 0 Å². The lowest BCUT2D eigenvalue weighted by atomic mass is 9.85. The lowest BCUT2D eigenvalue weighted by Crippen LogP contribution is -2.34. The van der Waals surface area contributed by atoms with E-state index in [1.807, 2.05) is 28.9 Å². The van der Waals surface area contributed by atoms with Crippen molar-refractivity contribution in [3.8, 4) is 0 Å². The second kappa shape index (κ2) is 7.62. The Hall–Kier alpha value is -2.14. The molecule has 2 aromatic rings. The molecular formula is C21H30N4O. The zero-order chi connectivity index (χ0) is 18.7. The molecule has 1 aliphatic rings. The van der Waals surface area contributed by atoms with E-state index in [-0.39, 0.29) is 23.3 Å². The van der Waals surface area contributed by atoms with E-state index in [1.54, 1.807) is 0 Å². The molecule has 3 rings (SSSR count). The second-order valence-electron chi connectivity index (χ2n) is 8.42. The first-order chi connectivity index (χ1) is 12.3. The molecule has 26 heavy (non-hydrogen) atoms. The van der Waals surface area contributed by atoms with E-state index in [9.17, 15) is 4.79 Å². The van der Waals surface area contributed by atoms with E-state index in [1.165, 1.54) is 0 Å². The van der Waals surface area contributed by atoms with Crippen LogP contribution in [0.2, 0.25) is 0 Å². The molecule has 1 fully saturated rings. The average Bonchev–Trinajstić information content (AvgIpc) is 2.99. The summed E-state index contributed by atoms with van der Waals surface area (Å²) < 4.78 is 1.90. The van der Waals surface area contributed by atoms with E-state index in [2.05, 4.69) is 38.2 Å². The minimum atomic E-state index is -0.0748. The van der Waals surface area contributed by atoms with Gasteiger partial charge in [-0.2, -0.15) is 5.10 Å². The molecule has 1 aliphatic carbocycles. The van der Waals surface area contributed by atoms with E-state index >= 15 is 0 Å². The monoisotopic (exact) mass is 354 g/mol. The highest BCUT2D eigenvalue weighted by atomic mass is 16.2. The van der Waals surface area contributed by atoms with Crippen molar-refractivity contribution in [2.24, 2.45) is 11.7 Å². The van der Waals surface area contributed by atoms with Crippen molar-refractivity contribution in [3.63, 3.8) is 0 Å². The van der Waals surface area contributed by atoms with Crippen LogP contribution in [0.1, 0.15) is 57.7 Å².